The highest BCUT2D eigenvalue weighted by atomic mass is 16.5. The maximum absolute atomic E-state index is 14.8. The molecule has 4 aliphatic rings. The van der Waals surface area contributed by atoms with Crippen LogP contribution in [0, 0.1) is 11.8 Å². The molecule has 0 radical (unpaired) electrons. The first-order valence-corrected chi connectivity index (χ1v) is 30.9. The smallest absolute Gasteiger partial charge is 0.251 e. The molecule has 88 heavy (non-hydrogen) atoms. The summed E-state index contributed by atoms with van der Waals surface area (Å²) in [5.41, 5.74) is 4.07. The summed E-state index contributed by atoms with van der Waals surface area (Å²) in [6, 6.07) is 30.2. The summed E-state index contributed by atoms with van der Waals surface area (Å²) < 4.78 is 23.2. The summed E-state index contributed by atoms with van der Waals surface area (Å²) in [5.74, 6) is -3.40. The van der Waals surface area contributed by atoms with Crippen molar-refractivity contribution in [2.45, 2.75) is 114 Å². The number of carbonyl (C=O) groups is 8. The molecule has 8 amide bonds. The van der Waals surface area contributed by atoms with Gasteiger partial charge >= 0.3 is 0 Å². The molecule has 8 atom stereocenters. The molecule has 6 N–H and O–H groups in total. The number of likely N-dealkylation sites (N-methyl/N-ethyl adjacent to an activating group) is 2. The molecule has 4 fully saturated rings. The molecule has 4 aromatic carbocycles. The van der Waals surface area contributed by atoms with E-state index in [4.69, 9.17) is 18.9 Å². The van der Waals surface area contributed by atoms with Crippen LogP contribution in [0.4, 0.5) is 0 Å². The molecule has 8 rings (SSSR count). The standard InChI is InChI=1S/C66H88N10O12/c1-43(67-3)59(79)71-57(49-29-37-87-38-30-49)65(83)75-35-27-53(85-5)63(75)73(33-25-45-13-9-7-10-14-45)55(77)41-69-61(81)51-21-17-47(18-22-51)48-19-23-52(24-20-48)62(82)70-42-56(78)74(34-26-46-15-11-8-12-16-46)64-54(86-6)28-36-76(64)66(84)58(50-31-39-88-40-32-50)72-60(80)44(2)68-4/h7-24,43-44,49-50,53-54,57-58,63-64,67-68H,25-42H2,1-6H3,(H,69,81)(H,70,82)(H,71,79)(H,72,80)/t43-,44-,53-,54-,57-,58-,63?,64?/m0/s1. The van der Waals surface area contributed by atoms with Gasteiger partial charge in [0.2, 0.25) is 35.4 Å². The zero-order chi connectivity index (χ0) is 62.7. The SMILES string of the molecule is CN[C@@H](C)C(=O)N[C@H](C(=O)N1CC[C@H](OC)C1N(CCc1ccccc1)C(=O)CNC(=O)c1ccc(-c2ccc(C(=O)NCC(=O)N(CCc3ccccc3)C3[C@@H](OC)CCN3C(=O)[C@@H](NC(=O)[C@H](C)NC)C3CCOCC3)cc2)cc1)C1CCOCC1. The highest BCUT2D eigenvalue weighted by Crippen LogP contribution is 2.31. The van der Waals surface area contributed by atoms with Crippen molar-refractivity contribution in [3.63, 3.8) is 0 Å². The summed E-state index contributed by atoms with van der Waals surface area (Å²) in [4.78, 5) is 120. The maximum atomic E-state index is 14.8. The summed E-state index contributed by atoms with van der Waals surface area (Å²) >= 11 is 0. The van der Waals surface area contributed by atoms with Crippen LogP contribution < -0.4 is 31.9 Å². The van der Waals surface area contributed by atoms with Crippen LogP contribution in [0.3, 0.4) is 0 Å². The molecular weight excluding hydrogens is 1120 g/mol. The van der Waals surface area contributed by atoms with Gasteiger partial charge in [-0.2, -0.15) is 0 Å². The Morgan fingerprint density at radius 3 is 1.19 bits per heavy atom. The Kier molecular flexibility index (Phi) is 24.6. The van der Waals surface area contributed by atoms with Crippen LogP contribution in [-0.2, 0) is 60.6 Å². The third-order valence-corrected chi connectivity index (χ3v) is 17.7. The fourth-order valence-electron chi connectivity index (χ4n) is 12.2. The second kappa shape index (κ2) is 32.6. The summed E-state index contributed by atoms with van der Waals surface area (Å²) in [6.07, 6.45) is 1.45. The lowest BCUT2D eigenvalue weighted by molar-refractivity contribution is -0.152. The normalized spacial score (nSPS) is 20.2. The van der Waals surface area contributed by atoms with Gasteiger partial charge in [0.1, 0.15) is 24.4 Å². The molecule has 4 heterocycles. The third kappa shape index (κ3) is 17.0. The Bertz CT molecular complexity index is 2770. The number of likely N-dealkylation sites (tertiary alicyclic amines) is 2. The van der Waals surface area contributed by atoms with E-state index in [2.05, 4.69) is 31.9 Å². The van der Waals surface area contributed by atoms with Crippen LogP contribution >= 0.6 is 0 Å². The molecule has 0 aliphatic carbocycles. The van der Waals surface area contributed by atoms with Crippen molar-refractivity contribution in [3.8, 4) is 11.1 Å². The van der Waals surface area contributed by atoms with Crippen LogP contribution in [0.2, 0.25) is 0 Å². The van der Waals surface area contributed by atoms with Gasteiger partial charge in [-0.3, -0.25) is 38.4 Å². The average Bonchev–Trinajstić information content (AvgIpc) is 2.66. The summed E-state index contributed by atoms with van der Waals surface area (Å²) in [6.45, 7) is 5.58. The van der Waals surface area contributed by atoms with E-state index in [1.54, 1.807) is 110 Å². The molecule has 2 unspecified atom stereocenters. The van der Waals surface area contributed by atoms with E-state index in [9.17, 15) is 38.4 Å². The van der Waals surface area contributed by atoms with E-state index in [1.807, 2.05) is 60.7 Å². The Hall–Kier alpha value is -7.60. The van der Waals surface area contributed by atoms with Gasteiger partial charge in [0.25, 0.3) is 11.8 Å². The predicted octanol–water partition coefficient (Wildman–Crippen LogP) is 3.14. The third-order valence-electron chi connectivity index (χ3n) is 17.7. The van der Waals surface area contributed by atoms with Crippen LogP contribution in [0.5, 0.6) is 0 Å². The molecule has 0 spiro atoms. The Balaban J connectivity index is 0.920. The van der Waals surface area contributed by atoms with E-state index in [-0.39, 0.29) is 61.6 Å². The van der Waals surface area contributed by atoms with E-state index in [1.165, 1.54) is 0 Å². The molecule has 474 valence electrons. The molecule has 4 aromatic rings. The zero-order valence-corrected chi connectivity index (χ0v) is 51.6. The fourth-order valence-corrected chi connectivity index (χ4v) is 12.2. The first-order valence-electron chi connectivity index (χ1n) is 30.9. The minimum Gasteiger partial charge on any atom is -0.381 e. The highest BCUT2D eigenvalue weighted by Gasteiger charge is 2.48. The van der Waals surface area contributed by atoms with Crippen molar-refractivity contribution in [1.29, 1.82) is 0 Å². The van der Waals surface area contributed by atoms with Crippen molar-refractivity contribution in [2.75, 3.05) is 94.0 Å². The monoisotopic (exact) mass is 1210 g/mol. The van der Waals surface area contributed by atoms with Gasteiger partial charge in [0.05, 0.1) is 37.4 Å². The van der Waals surface area contributed by atoms with Crippen LogP contribution in [0.1, 0.15) is 84.2 Å². The van der Waals surface area contributed by atoms with Gasteiger partial charge in [0.15, 0.2) is 0 Å². The number of benzene rings is 4. The number of nitrogens with one attached hydrogen (secondary N) is 6. The lowest BCUT2D eigenvalue weighted by atomic mass is 9.90. The fraction of sp³-hybridized carbons (Fsp3) is 0.515. The van der Waals surface area contributed by atoms with Gasteiger partial charge in [-0.05, 0) is 138 Å². The molecule has 4 saturated heterocycles. The molecule has 22 heteroatoms. The number of hydrogen-bond acceptors (Lipinski definition) is 14. The first-order chi connectivity index (χ1) is 42.6. The van der Waals surface area contributed by atoms with Crippen molar-refractivity contribution < 1.29 is 57.3 Å². The van der Waals surface area contributed by atoms with Crippen LogP contribution in [-0.4, -0.2) is 210 Å². The van der Waals surface area contributed by atoms with Crippen LogP contribution in [0.25, 0.3) is 11.1 Å². The van der Waals surface area contributed by atoms with Crippen molar-refractivity contribution >= 4 is 47.3 Å². The predicted molar refractivity (Wildman–Crippen MR) is 330 cm³/mol. The van der Waals surface area contributed by atoms with Gasteiger partial charge in [0, 0.05) is 78.0 Å². The van der Waals surface area contributed by atoms with Crippen molar-refractivity contribution in [1.82, 2.24) is 51.5 Å². The number of ether oxygens (including phenoxy) is 4. The van der Waals surface area contributed by atoms with E-state index in [0.717, 1.165) is 22.3 Å². The quantitative estimate of drug-likeness (QED) is 0.0502. The Morgan fingerprint density at radius 1 is 0.511 bits per heavy atom. The number of nitrogens with zero attached hydrogens (tertiary/aromatic N) is 4. The largest absolute Gasteiger partial charge is 0.381 e. The molecular formula is C66H88N10O12. The van der Waals surface area contributed by atoms with E-state index in [0.29, 0.717) is 102 Å². The van der Waals surface area contributed by atoms with Gasteiger partial charge in [-0.1, -0.05) is 84.9 Å². The van der Waals surface area contributed by atoms with Crippen molar-refractivity contribution in [2.24, 2.45) is 11.8 Å². The molecule has 0 saturated carbocycles. The van der Waals surface area contributed by atoms with E-state index >= 15 is 0 Å². The number of amides is 8. The second-order valence-electron chi connectivity index (χ2n) is 23.1. The Labute approximate surface area is 516 Å². The summed E-state index contributed by atoms with van der Waals surface area (Å²) in [7, 11) is 6.47. The minimum atomic E-state index is -0.856. The average molecular weight is 1210 g/mol. The van der Waals surface area contributed by atoms with Crippen LogP contribution in [0.15, 0.2) is 109 Å². The number of rotatable bonds is 27. The lowest BCUT2D eigenvalue weighted by Gasteiger charge is -2.40. The lowest BCUT2D eigenvalue weighted by Crippen LogP contribution is -2.62. The number of hydrogen-bond donors (Lipinski definition) is 6. The number of carbonyl (C=O) groups excluding carboxylic acids is 8. The second-order valence-corrected chi connectivity index (χ2v) is 23.1. The van der Waals surface area contributed by atoms with Gasteiger partial charge in [-0.15, -0.1) is 0 Å². The molecule has 4 aliphatic heterocycles. The molecule has 22 nitrogen and oxygen atoms in total. The Morgan fingerprint density at radius 2 is 0.864 bits per heavy atom. The highest BCUT2D eigenvalue weighted by molar-refractivity contribution is 5.98. The minimum absolute atomic E-state index is 0.181. The molecule has 0 bridgehead atoms. The topological polar surface area (TPSA) is 259 Å². The van der Waals surface area contributed by atoms with Crippen molar-refractivity contribution in [3.05, 3.63) is 131 Å². The van der Waals surface area contributed by atoms with E-state index < -0.39 is 72.3 Å². The first kappa shape index (κ1) is 66.4. The molecule has 0 aromatic heterocycles. The summed E-state index contributed by atoms with van der Waals surface area (Å²) in [5, 5.41) is 17.6. The maximum Gasteiger partial charge on any atom is 0.251 e. The van der Waals surface area contributed by atoms with Gasteiger partial charge < -0.3 is 70.4 Å². The van der Waals surface area contributed by atoms with Gasteiger partial charge in [-0.25, -0.2) is 0 Å². The zero-order valence-electron chi connectivity index (χ0n) is 51.6. The number of methoxy groups -OCH3 is 2.